The third-order valence-electron chi connectivity index (χ3n) is 2.81. The van der Waals surface area contributed by atoms with E-state index in [0.717, 1.165) is 5.56 Å². The largest absolute Gasteiger partial charge is 0.480 e. The monoisotopic (exact) mass is 231 g/mol. The molecular weight excluding hydrogens is 218 g/mol. The minimum absolute atomic E-state index is 0.243. The number of hydrogen-bond acceptors (Lipinski definition) is 2. The molecule has 0 bridgehead atoms. The standard InChI is InChI=1S/C13H13NO3/c15-12(14-9-8-11(14)13(16)17)7-6-10-4-2-1-3-5-10/h1-7,11H,8-9H2,(H,16,17)/b7-6+. The van der Waals surface area contributed by atoms with E-state index >= 15 is 0 Å². The highest BCUT2D eigenvalue weighted by molar-refractivity contribution is 5.95. The van der Waals surface area contributed by atoms with Crippen LogP contribution in [0.3, 0.4) is 0 Å². The van der Waals surface area contributed by atoms with E-state index in [1.165, 1.54) is 11.0 Å². The Morgan fingerprint density at radius 1 is 1.29 bits per heavy atom. The van der Waals surface area contributed by atoms with Crippen LogP contribution in [-0.4, -0.2) is 34.5 Å². The molecule has 1 N–H and O–H groups in total. The number of carbonyl (C=O) groups is 2. The van der Waals surface area contributed by atoms with Gasteiger partial charge in [0.2, 0.25) is 5.91 Å². The number of hydrogen-bond donors (Lipinski definition) is 1. The topological polar surface area (TPSA) is 57.6 Å². The van der Waals surface area contributed by atoms with Gasteiger partial charge in [-0.05, 0) is 18.1 Å². The van der Waals surface area contributed by atoms with Gasteiger partial charge < -0.3 is 10.0 Å². The molecule has 1 atom stereocenters. The molecule has 0 spiro atoms. The van der Waals surface area contributed by atoms with Crippen molar-refractivity contribution in [2.24, 2.45) is 0 Å². The van der Waals surface area contributed by atoms with Gasteiger partial charge in [-0.1, -0.05) is 30.3 Å². The van der Waals surface area contributed by atoms with Crippen molar-refractivity contribution < 1.29 is 14.7 Å². The van der Waals surface area contributed by atoms with Crippen molar-refractivity contribution >= 4 is 18.0 Å². The number of nitrogens with zero attached hydrogens (tertiary/aromatic N) is 1. The average molecular weight is 231 g/mol. The summed E-state index contributed by atoms with van der Waals surface area (Å²) in [5.74, 6) is -1.18. The van der Waals surface area contributed by atoms with Crippen LogP contribution in [0, 0.1) is 0 Å². The van der Waals surface area contributed by atoms with Gasteiger partial charge in [0, 0.05) is 12.6 Å². The smallest absolute Gasteiger partial charge is 0.326 e. The summed E-state index contributed by atoms with van der Waals surface area (Å²) >= 11 is 0. The highest BCUT2D eigenvalue weighted by atomic mass is 16.4. The molecule has 1 aromatic carbocycles. The van der Waals surface area contributed by atoms with Crippen LogP contribution >= 0.6 is 0 Å². The van der Waals surface area contributed by atoms with Gasteiger partial charge in [0.1, 0.15) is 6.04 Å². The van der Waals surface area contributed by atoms with Crippen molar-refractivity contribution in [2.75, 3.05) is 6.54 Å². The van der Waals surface area contributed by atoms with E-state index in [1.807, 2.05) is 30.3 Å². The van der Waals surface area contributed by atoms with E-state index in [1.54, 1.807) is 6.08 Å². The van der Waals surface area contributed by atoms with Crippen LogP contribution in [0.1, 0.15) is 12.0 Å². The summed E-state index contributed by atoms with van der Waals surface area (Å²) in [4.78, 5) is 23.8. The predicted molar refractivity (Wildman–Crippen MR) is 63.2 cm³/mol. The third-order valence-corrected chi connectivity index (χ3v) is 2.81. The number of carbonyl (C=O) groups excluding carboxylic acids is 1. The van der Waals surface area contributed by atoms with Crippen molar-refractivity contribution in [1.82, 2.24) is 4.90 Å². The van der Waals surface area contributed by atoms with E-state index in [0.29, 0.717) is 13.0 Å². The number of rotatable bonds is 3. The summed E-state index contributed by atoms with van der Waals surface area (Å²) < 4.78 is 0. The summed E-state index contributed by atoms with van der Waals surface area (Å²) in [6.45, 7) is 0.523. The van der Waals surface area contributed by atoms with Crippen LogP contribution < -0.4 is 0 Å². The van der Waals surface area contributed by atoms with Crippen LogP contribution in [0.2, 0.25) is 0 Å². The third kappa shape index (κ3) is 2.53. The van der Waals surface area contributed by atoms with E-state index in [2.05, 4.69) is 0 Å². The number of aliphatic carboxylic acids is 1. The summed E-state index contributed by atoms with van der Waals surface area (Å²) in [7, 11) is 0. The molecular formula is C13H13NO3. The quantitative estimate of drug-likeness (QED) is 0.800. The number of amides is 1. The van der Waals surface area contributed by atoms with Crippen molar-refractivity contribution in [3.05, 3.63) is 42.0 Å². The minimum atomic E-state index is -0.933. The Bertz CT molecular complexity index is 453. The van der Waals surface area contributed by atoms with Gasteiger partial charge in [-0.15, -0.1) is 0 Å². The van der Waals surface area contributed by atoms with Gasteiger partial charge in [-0.25, -0.2) is 4.79 Å². The van der Waals surface area contributed by atoms with Gasteiger partial charge in [-0.3, -0.25) is 4.79 Å². The number of carboxylic acid groups (broad SMARTS) is 1. The first-order valence-electron chi connectivity index (χ1n) is 5.45. The number of benzene rings is 1. The zero-order valence-electron chi connectivity index (χ0n) is 9.24. The molecule has 1 aliphatic heterocycles. The van der Waals surface area contributed by atoms with Gasteiger partial charge in [-0.2, -0.15) is 0 Å². The van der Waals surface area contributed by atoms with Crippen molar-refractivity contribution in [2.45, 2.75) is 12.5 Å². The molecule has 1 fully saturated rings. The Balaban J connectivity index is 1.98. The maximum absolute atomic E-state index is 11.7. The summed E-state index contributed by atoms with van der Waals surface area (Å²) in [6.07, 6.45) is 3.66. The predicted octanol–water partition coefficient (Wildman–Crippen LogP) is 1.39. The lowest BCUT2D eigenvalue weighted by Crippen LogP contribution is -2.54. The van der Waals surface area contributed by atoms with Gasteiger partial charge in [0.05, 0.1) is 0 Å². The van der Waals surface area contributed by atoms with Gasteiger partial charge in [0.25, 0.3) is 0 Å². The molecule has 1 saturated heterocycles. The van der Waals surface area contributed by atoms with E-state index in [-0.39, 0.29) is 5.91 Å². The highest BCUT2D eigenvalue weighted by Crippen LogP contribution is 2.18. The zero-order chi connectivity index (χ0) is 12.3. The molecule has 0 saturated carbocycles. The second kappa shape index (κ2) is 4.82. The van der Waals surface area contributed by atoms with Crippen LogP contribution in [-0.2, 0) is 9.59 Å². The van der Waals surface area contributed by atoms with Crippen LogP contribution in [0.15, 0.2) is 36.4 Å². The SMILES string of the molecule is O=C(O)C1CCN1C(=O)/C=C/c1ccccc1. The highest BCUT2D eigenvalue weighted by Gasteiger charge is 2.36. The lowest BCUT2D eigenvalue weighted by atomic mass is 10.0. The first-order valence-corrected chi connectivity index (χ1v) is 5.45. The van der Waals surface area contributed by atoms with E-state index in [9.17, 15) is 9.59 Å². The van der Waals surface area contributed by atoms with Crippen LogP contribution in [0.25, 0.3) is 6.08 Å². The van der Waals surface area contributed by atoms with Crippen molar-refractivity contribution in [3.8, 4) is 0 Å². The summed E-state index contributed by atoms with van der Waals surface area (Å²) in [6, 6.07) is 8.78. The molecule has 2 rings (SSSR count). The summed E-state index contributed by atoms with van der Waals surface area (Å²) in [5.41, 5.74) is 0.924. The Kier molecular flexibility index (Phi) is 3.23. The van der Waals surface area contributed by atoms with Gasteiger partial charge in [0.15, 0.2) is 0 Å². The fourth-order valence-corrected chi connectivity index (χ4v) is 1.74. The molecule has 0 aromatic heterocycles. The maximum atomic E-state index is 11.7. The molecule has 4 heteroatoms. The number of carboxylic acids is 1. The molecule has 88 valence electrons. The molecule has 1 aliphatic rings. The molecule has 1 aromatic rings. The van der Waals surface area contributed by atoms with Crippen molar-refractivity contribution in [1.29, 1.82) is 0 Å². The second-order valence-corrected chi connectivity index (χ2v) is 3.92. The first kappa shape index (κ1) is 11.4. The number of likely N-dealkylation sites (tertiary alicyclic amines) is 1. The minimum Gasteiger partial charge on any atom is -0.480 e. The fraction of sp³-hybridized carbons (Fsp3) is 0.231. The Morgan fingerprint density at radius 3 is 2.53 bits per heavy atom. The Morgan fingerprint density at radius 2 is 2.00 bits per heavy atom. The molecule has 17 heavy (non-hydrogen) atoms. The average Bonchev–Trinajstić information content (AvgIpc) is 2.25. The Labute approximate surface area is 99.2 Å². The molecule has 1 unspecified atom stereocenters. The zero-order valence-corrected chi connectivity index (χ0v) is 9.24. The lowest BCUT2D eigenvalue weighted by Gasteiger charge is -2.37. The van der Waals surface area contributed by atoms with Crippen LogP contribution in [0.5, 0.6) is 0 Å². The molecule has 0 radical (unpaired) electrons. The van der Waals surface area contributed by atoms with Gasteiger partial charge >= 0.3 is 5.97 Å². The normalized spacial score (nSPS) is 19.1. The molecule has 4 nitrogen and oxygen atoms in total. The maximum Gasteiger partial charge on any atom is 0.326 e. The van der Waals surface area contributed by atoms with E-state index < -0.39 is 12.0 Å². The van der Waals surface area contributed by atoms with Crippen molar-refractivity contribution in [3.63, 3.8) is 0 Å². The summed E-state index contributed by atoms with van der Waals surface area (Å²) in [5, 5.41) is 8.82. The lowest BCUT2D eigenvalue weighted by molar-refractivity contribution is -0.154. The molecule has 1 amide bonds. The van der Waals surface area contributed by atoms with E-state index in [4.69, 9.17) is 5.11 Å². The van der Waals surface area contributed by atoms with Crippen LogP contribution in [0.4, 0.5) is 0 Å². The fourth-order valence-electron chi connectivity index (χ4n) is 1.74. The molecule has 0 aliphatic carbocycles. The second-order valence-electron chi connectivity index (χ2n) is 3.92. The molecule has 1 heterocycles. The first-order chi connectivity index (χ1) is 8.18. The Hall–Kier alpha value is -2.10.